The van der Waals surface area contributed by atoms with Crippen LogP contribution < -0.4 is 4.74 Å². The van der Waals surface area contributed by atoms with E-state index in [9.17, 15) is 12.9 Å². The molecule has 0 N–H and O–H groups in total. The predicted octanol–water partition coefficient (Wildman–Crippen LogP) is 3.09. The number of rotatable bonds is 3. The average molecular weight is 279 g/mol. The molecule has 1 aromatic rings. The van der Waals surface area contributed by atoms with E-state index in [0.717, 1.165) is 0 Å². The van der Waals surface area contributed by atoms with Crippen molar-refractivity contribution in [3.8, 4) is 11.8 Å². The van der Waals surface area contributed by atoms with Crippen molar-refractivity contribution >= 4 is 22.9 Å². The van der Waals surface area contributed by atoms with Crippen molar-refractivity contribution in [2.24, 2.45) is 0 Å². The summed E-state index contributed by atoms with van der Waals surface area (Å²) < 4.78 is 40.8. The first-order valence-corrected chi connectivity index (χ1v) is 4.75. The Morgan fingerprint density at radius 1 is 1.40 bits per heavy atom. The number of hydrogen-bond donors (Lipinski definition) is 0. The lowest BCUT2D eigenvalue weighted by atomic mass is 9.95. The maximum absolute atomic E-state index is 11.9. The molecule has 0 aliphatic heterocycles. The molecule has 0 aliphatic carbocycles. The second-order valence-electron chi connectivity index (χ2n) is 2.77. The fraction of sp³-hybridized carbons (Fsp3) is 0.125. The molecule has 80 valence electrons. The number of benzene rings is 1. The predicted molar refractivity (Wildman–Crippen MR) is 53.4 cm³/mol. The van der Waals surface area contributed by atoms with Crippen molar-refractivity contribution in [1.29, 1.82) is 5.26 Å². The molecule has 0 fully saturated rings. The molecule has 0 unspecified atom stereocenters. The van der Waals surface area contributed by atoms with Crippen molar-refractivity contribution in [2.45, 2.75) is 0 Å². The minimum Gasteiger partial charge on any atom is -0.520 e. The zero-order valence-electron chi connectivity index (χ0n) is 7.38. The molecule has 0 aliphatic rings. The van der Waals surface area contributed by atoms with Crippen molar-refractivity contribution in [2.75, 3.05) is 6.51 Å². The Labute approximate surface area is 92.8 Å². The van der Waals surface area contributed by atoms with Gasteiger partial charge in [0.25, 0.3) is 0 Å². The summed E-state index contributed by atoms with van der Waals surface area (Å²) in [4.78, 5) is 0. The normalized spacial score (nSPS) is 10.9. The molecule has 7 heteroatoms. The lowest BCUT2D eigenvalue weighted by Crippen LogP contribution is -2.26. The van der Waals surface area contributed by atoms with Gasteiger partial charge in [-0.2, -0.15) is 5.26 Å². The van der Waals surface area contributed by atoms with E-state index in [4.69, 9.17) is 5.26 Å². The van der Waals surface area contributed by atoms with Gasteiger partial charge in [-0.15, -0.1) is 0 Å². The van der Waals surface area contributed by atoms with Crippen molar-refractivity contribution < 1.29 is 17.7 Å². The van der Waals surface area contributed by atoms with Gasteiger partial charge < -0.3 is 17.7 Å². The number of ether oxygens (including phenoxy) is 1. The number of hydrogen-bond acceptors (Lipinski definition) is 2. The Bertz CT molecular complexity index is 402. The van der Waals surface area contributed by atoms with Crippen LogP contribution in [-0.2, 0) is 0 Å². The van der Waals surface area contributed by atoms with Gasteiger partial charge in [0.05, 0.1) is 12.1 Å². The molecule has 0 amide bonds. The fourth-order valence-electron chi connectivity index (χ4n) is 0.892. The van der Waals surface area contributed by atoms with Crippen LogP contribution in [0.2, 0.25) is 0 Å². The zero-order chi connectivity index (χ0) is 11.5. The molecular formula is C8H5BBrF3NO-. The highest BCUT2D eigenvalue weighted by Crippen LogP contribution is 2.24. The fourth-order valence-corrected chi connectivity index (χ4v) is 1.23. The highest BCUT2D eigenvalue weighted by atomic mass is 79.9. The monoisotopic (exact) mass is 278 g/mol. The molecule has 1 rings (SSSR count). The summed E-state index contributed by atoms with van der Waals surface area (Å²) in [6, 6.07) is 6.04. The van der Waals surface area contributed by atoms with Gasteiger partial charge >= 0.3 is 6.98 Å². The molecule has 0 heterocycles. The van der Waals surface area contributed by atoms with E-state index in [0.29, 0.717) is 4.47 Å². The van der Waals surface area contributed by atoms with Crippen LogP contribution in [0.5, 0.6) is 5.75 Å². The van der Waals surface area contributed by atoms with E-state index < -0.39 is 13.5 Å². The molecule has 0 bridgehead atoms. The molecule has 2 nitrogen and oxygen atoms in total. The minimum atomic E-state index is -5.01. The Morgan fingerprint density at radius 2 is 2.07 bits per heavy atom. The van der Waals surface area contributed by atoms with Gasteiger partial charge in [-0.25, -0.2) is 0 Å². The summed E-state index contributed by atoms with van der Waals surface area (Å²) >= 11 is 3.08. The summed E-state index contributed by atoms with van der Waals surface area (Å²) in [5.41, 5.74) is 0.0817. The minimum absolute atomic E-state index is 0.0638. The van der Waals surface area contributed by atoms with Crippen LogP contribution in [0, 0.1) is 11.3 Å². The molecule has 0 radical (unpaired) electrons. The SMILES string of the molecule is N#Cc1ccc(Br)cc1OC[B-](F)(F)F. The van der Waals surface area contributed by atoms with E-state index in [1.54, 1.807) is 12.1 Å². The molecular weight excluding hydrogens is 274 g/mol. The van der Waals surface area contributed by atoms with Gasteiger partial charge in [-0.05, 0) is 18.2 Å². The number of nitrogens with zero attached hydrogens (tertiary/aromatic N) is 1. The maximum atomic E-state index is 11.9. The first-order chi connectivity index (χ1) is 6.92. The Hall–Kier alpha value is -1.16. The second-order valence-corrected chi connectivity index (χ2v) is 3.69. The third kappa shape index (κ3) is 3.84. The van der Waals surface area contributed by atoms with Crippen LogP contribution in [0.25, 0.3) is 0 Å². The van der Waals surface area contributed by atoms with Crippen LogP contribution in [0.15, 0.2) is 22.7 Å². The van der Waals surface area contributed by atoms with Crippen molar-refractivity contribution in [3.05, 3.63) is 28.2 Å². The standard InChI is InChI=1S/C8H5BBrF3NO/c10-7-2-1-6(4-14)8(3-7)15-5-9(11,12)13/h1-3H,5H2/q-1. The zero-order valence-corrected chi connectivity index (χ0v) is 8.97. The second kappa shape index (κ2) is 4.58. The van der Waals surface area contributed by atoms with Gasteiger partial charge in [-0.1, -0.05) is 15.9 Å². The Balaban J connectivity index is 2.85. The average Bonchev–Trinajstić information content (AvgIpc) is 2.14. The maximum Gasteiger partial charge on any atom is 0.515 e. The number of halogens is 4. The van der Waals surface area contributed by atoms with E-state index in [1.165, 1.54) is 12.1 Å². The quantitative estimate of drug-likeness (QED) is 0.796. The van der Waals surface area contributed by atoms with Crippen molar-refractivity contribution in [3.63, 3.8) is 0 Å². The van der Waals surface area contributed by atoms with E-state index in [2.05, 4.69) is 20.7 Å². The van der Waals surface area contributed by atoms with E-state index in [1.807, 2.05) is 0 Å². The highest BCUT2D eigenvalue weighted by Gasteiger charge is 2.24. The lowest BCUT2D eigenvalue weighted by Gasteiger charge is -2.15. The van der Waals surface area contributed by atoms with E-state index >= 15 is 0 Å². The topological polar surface area (TPSA) is 33.0 Å². The smallest absolute Gasteiger partial charge is 0.515 e. The van der Waals surface area contributed by atoms with Gasteiger partial charge in [0, 0.05) is 4.47 Å². The Morgan fingerprint density at radius 3 is 2.60 bits per heavy atom. The summed E-state index contributed by atoms with van der Waals surface area (Å²) in [7, 11) is 0. The molecule has 0 atom stereocenters. The Kier molecular flexibility index (Phi) is 3.64. The third-order valence-corrected chi connectivity index (χ3v) is 1.99. The van der Waals surface area contributed by atoms with Gasteiger partial charge in [0.2, 0.25) is 0 Å². The van der Waals surface area contributed by atoms with E-state index in [-0.39, 0.29) is 11.3 Å². The first-order valence-electron chi connectivity index (χ1n) is 3.96. The third-order valence-electron chi connectivity index (χ3n) is 1.49. The van der Waals surface area contributed by atoms with Crippen molar-refractivity contribution in [1.82, 2.24) is 0 Å². The summed E-state index contributed by atoms with van der Waals surface area (Å²) in [6.07, 6.45) is 0. The molecule has 0 saturated heterocycles. The molecule has 0 aromatic heterocycles. The van der Waals surface area contributed by atoms with Gasteiger partial charge in [-0.3, -0.25) is 0 Å². The van der Waals surface area contributed by atoms with Gasteiger partial charge in [0.1, 0.15) is 11.8 Å². The molecule has 0 spiro atoms. The van der Waals surface area contributed by atoms with Crippen LogP contribution in [0.4, 0.5) is 12.9 Å². The van der Waals surface area contributed by atoms with Crippen LogP contribution in [0.1, 0.15) is 5.56 Å². The summed E-state index contributed by atoms with van der Waals surface area (Å²) in [6.45, 7) is -6.35. The molecule has 15 heavy (non-hydrogen) atoms. The largest absolute Gasteiger partial charge is 0.520 e. The summed E-state index contributed by atoms with van der Waals surface area (Å²) in [5, 5.41) is 8.62. The van der Waals surface area contributed by atoms with Gasteiger partial charge in [0.15, 0.2) is 0 Å². The molecule has 1 aromatic carbocycles. The van der Waals surface area contributed by atoms with Crippen LogP contribution in [0.3, 0.4) is 0 Å². The summed E-state index contributed by atoms with van der Waals surface area (Å²) in [5.74, 6) is -0.0638. The molecule has 0 saturated carbocycles. The van der Waals surface area contributed by atoms with Crippen LogP contribution >= 0.6 is 15.9 Å². The van der Waals surface area contributed by atoms with Crippen LogP contribution in [-0.4, -0.2) is 13.5 Å². The lowest BCUT2D eigenvalue weighted by molar-refractivity contribution is 0.312. The highest BCUT2D eigenvalue weighted by molar-refractivity contribution is 9.10. The first kappa shape index (κ1) is 11.9. The number of nitriles is 1.